The summed E-state index contributed by atoms with van der Waals surface area (Å²) in [5.74, 6) is 0.803. The number of hydrogen-bond donors (Lipinski definition) is 1. The maximum atomic E-state index is 9.12. The second-order valence-electron chi connectivity index (χ2n) is 3.71. The van der Waals surface area contributed by atoms with E-state index in [1.54, 1.807) is 7.11 Å². The molecule has 2 rings (SSSR count). The first-order chi connectivity index (χ1) is 8.24. The standard InChI is InChI=1S/C14H13BrO2/c1-17-14-8-12(5-6-13(14)15)11-4-2-3-10(7-11)9-16/h2-8,16H,9H2,1H3. The fraction of sp³-hybridized carbons (Fsp3) is 0.143. The number of halogens is 1. The number of methoxy groups -OCH3 is 1. The Hall–Kier alpha value is -1.32. The molecule has 17 heavy (non-hydrogen) atoms. The minimum absolute atomic E-state index is 0.0570. The van der Waals surface area contributed by atoms with Gasteiger partial charge in [-0.15, -0.1) is 0 Å². The molecule has 0 aliphatic heterocycles. The summed E-state index contributed by atoms with van der Waals surface area (Å²) in [7, 11) is 1.65. The van der Waals surface area contributed by atoms with E-state index in [0.29, 0.717) is 0 Å². The molecule has 88 valence electrons. The highest BCUT2D eigenvalue weighted by Crippen LogP contribution is 2.30. The average molecular weight is 293 g/mol. The van der Waals surface area contributed by atoms with Gasteiger partial charge in [-0.1, -0.05) is 24.3 Å². The van der Waals surface area contributed by atoms with Crippen LogP contribution in [0, 0.1) is 0 Å². The molecule has 0 aliphatic rings. The van der Waals surface area contributed by atoms with E-state index in [1.165, 1.54) is 0 Å². The van der Waals surface area contributed by atoms with E-state index >= 15 is 0 Å². The van der Waals surface area contributed by atoms with Crippen LogP contribution in [0.3, 0.4) is 0 Å². The zero-order chi connectivity index (χ0) is 12.3. The largest absolute Gasteiger partial charge is 0.496 e. The summed E-state index contributed by atoms with van der Waals surface area (Å²) in [4.78, 5) is 0. The number of rotatable bonds is 3. The van der Waals surface area contributed by atoms with Crippen LogP contribution in [0.5, 0.6) is 5.75 Å². The molecule has 0 atom stereocenters. The van der Waals surface area contributed by atoms with Crippen LogP contribution in [-0.2, 0) is 6.61 Å². The Labute approximate surface area is 109 Å². The summed E-state index contributed by atoms with van der Waals surface area (Å²) < 4.78 is 6.20. The van der Waals surface area contributed by atoms with Gasteiger partial charge in [-0.2, -0.15) is 0 Å². The Morgan fingerprint density at radius 1 is 1.12 bits per heavy atom. The number of benzene rings is 2. The van der Waals surface area contributed by atoms with E-state index in [4.69, 9.17) is 9.84 Å². The Morgan fingerprint density at radius 3 is 2.59 bits per heavy atom. The van der Waals surface area contributed by atoms with E-state index in [-0.39, 0.29) is 6.61 Å². The molecular formula is C14H13BrO2. The smallest absolute Gasteiger partial charge is 0.133 e. The molecule has 0 aromatic heterocycles. The molecule has 2 aromatic rings. The van der Waals surface area contributed by atoms with Gasteiger partial charge in [-0.05, 0) is 50.8 Å². The van der Waals surface area contributed by atoms with Crippen molar-refractivity contribution in [1.29, 1.82) is 0 Å². The molecule has 0 unspecified atom stereocenters. The molecule has 0 saturated heterocycles. The van der Waals surface area contributed by atoms with Crippen molar-refractivity contribution in [3.8, 4) is 16.9 Å². The molecule has 0 amide bonds. The third kappa shape index (κ3) is 2.68. The molecule has 2 nitrogen and oxygen atoms in total. The molecule has 0 radical (unpaired) electrons. The van der Waals surface area contributed by atoms with Crippen molar-refractivity contribution in [3.63, 3.8) is 0 Å². The highest BCUT2D eigenvalue weighted by molar-refractivity contribution is 9.10. The Kier molecular flexibility index (Phi) is 3.82. The van der Waals surface area contributed by atoms with Crippen molar-refractivity contribution in [2.45, 2.75) is 6.61 Å². The van der Waals surface area contributed by atoms with Crippen LogP contribution in [0.2, 0.25) is 0 Å². The van der Waals surface area contributed by atoms with Gasteiger partial charge in [0.1, 0.15) is 5.75 Å². The van der Waals surface area contributed by atoms with Crippen LogP contribution >= 0.6 is 15.9 Å². The number of hydrogen-bond acceptors (Lipinski definition) is 2. The second kappa shape index (κ2) is 5.34. The van der Waals surface area contributed by atoms with Crippen LogP contribution in [0.1, 0.15) is 5.56 Å². The Balaban J connectivity index is 2.45. The minimum atomic E-state index is 0.0570. The lowest BCUT2D eigenvalue weighted by atomic mass is 10.0. The Bertz CT molecular complexity index is 523. The van der Waals surface area contributed by atoms with Crippen molar-refractivity contribution in [3.05, 3.63) is 52.5 Å². The SMILES string of the molecule is COc1cc(-c2cccc(CO)c2)ccc1Br. The van der Waals surface area contributed by atoms with Crippen LogP contribution in [0.15, 0.2) is 46.9 Å². The summed E-state index contributed by atoms with van der Waals surface area (Å²) in [6, 6.07) is 13.8. The summed E-state index contributed by atoms with van der Waals surface area (Å²) >= 11 is 3.43. The maximum absolute atomic E-state index is 9.12. The number of aliphatic hydroxyl groups excluding tert-OH is 1. The first-order valence-electron chi connectivity index (χ1n) is 5.28. The van der Waals surface area contributed by atoms with Crippen molar-refractivity contribution >= 4 is 15.9 Å². The van der Waals surface area contributed by atoms with E-state index < -0.39 is 0 Å². The zero-order valence-electron chi connectivity index (χ0n) is 9.48. The summed E-state index contributed by atoms with van der Waals surface area (Å²) in [6.07, 6.45) is 0. The van der Waals surface area contributed by atoms with Crippen molar-refractivity contribution in [1.82, 2.24) is 0 Å². The van der Waals surface area contributed by atoms with Gasteiger partial charge in [0.2, 0.25) is 0 Å². The van der Waals surface area contributed by atoms with Gasteiger partial charge in [0.05, 0.1) is 18.2 Å². The van der Waals surface area contributed by atoms with Crippen LogP contribution < -0.4 is 4.74 Å². The molecule has 0 saturated carbocycles. The van der Waals surface area contributed by atoms with E-state index in [2.05, 4.69) is 15.9 Å². The molecule has 3 heteroatoms. The lowest BCUT2D eigenvalue weighted by Crippen LogP contribution is -1.87. The maximum Gasteiger partial charge on any atom is 0.133 e. The van der Waals surface area contributed by atoms with Crippen molar-refractivity contribution in [2.75, 3.05) is 7.11 Å². The van der Waals surface area contributed by atoms with Gasteiger partial charge in [-0.3, -0.25) is 0 Å². The van der Waals surface area contributed by atoms with E-state index in [0.717, 1.165) is 26.9 Å². The fourth-order valence-corrected chi connectivity index (χ4v) is 2.10. The Morgan fingerprint density at radius 2 is 1.88 bits per heavy atom. The summed E-state index contributed by atoms with van der Waals surface area (Å²) in [5.41, 5.74) is 3.05. The normalized spacial score (nSPS) is 10.3. The van der Waals surface area contributed by atoms with Crippen LogP contribution in [-0.4, -0.2) is 12.2 Å². The van der Waals surface area contributed by atoms with E-state index in [1.807, 2.05) is 42.5 Å². The molecule has 0 bridgehead atoms. The minimum Gasteiger partial charge on any atom is -0.496 e. The molecular weight excluding hydrogens is 280 g/mol. The molecule has 1 N–H and O–H groups in total. The summed E-state index contributed by atoms with van der Waals surface area (Å²) in [5, 5.41) is 9.12. The number of aliphatic hydroxyl groups is 1. The monoisotopic (exact) mass is 292 g/mol. The molecule has 0 heterocycles. The molecule has 2 aromatic carbocycles. The van der Waals surface area contributed by atoms with Crippen LogP contribution in [0.4, 0.5) is 0 Å². The third-order valence-corrected chi connectivity index (χ3v) is 3.25. The molecule has 0 spiro atoms. The molecule has 0 aliphatic carbocycles. The fourth-order valence-electron chi connectivity index (χ4n) is 1.69. The van der Waals surface area contributed by atoms with Crippen molar-refractivity contribution < 1.29 is 9.84 Å². The van der Waals surface area contributed by atoms with Crippen molar-refractivity contribution in [2.24, 2.45) is 0 Å². The summed E-state index contributed by atoms with van der Waals surface area (Å²) in [6.45, 7) is 0.0570. The van der Waals surface area contributed by atoms with Gasteiger partial charge >= 0.3 is 0 Å². The van der Waals surface area contributed by atoms with E-state index in [9.17, 15) is 0 Å². The quantitative estimate of drug-likeness (QED) is 0.936. The lowest BCUT2D eigenvalue weighted by molar-refractivity contribution is 0.282. The first kappa shape index (κ1) is 12.1. The van der Waals surface area contributed by atoms with Gasteiger partial charge in [0.25, 0.3) is 0 Å². The predicted molar refractivity (Wildman–Crippen MR) is 72.1 cm³/mol. The van der Waals surface area contributed by atoms with Gasteiger partial charge in [0.15, 0.2) is 0 Å². The third-order valence-electron chi connectivity index (χ3n) is 2.59. The molecule has 0 fully saturated rings. The van der Waals surface area contributed by atoms with Gasteiger partial charge < -0.3 is 9.84 Å². The predicted octanol–water partition coefficient (Wildman–Crippen LogP) is 3.62. The van der Waals surface area contributed by atoms with Gasteiger partial charge in [0, 0.05) is 0 Å². The first-order valence-corrected chi connectivity index (χ1v) is 6.07. The topological polar surface area (TPSA) is 29.5 Å². The average Bonchev–Trinajstić information content (AvgIpc) is 2.39. The second-order valence-corrected chi connectivity index (χ2v) is 4.56. The van der Waals surface area contributed by atoms with Gasteiger partial charge in [-0.25, -0.2) is 0 Å². The highest BCUT2D eigenvalue weighted by atomic mass is 79.9. The van der Waals surface area contributed by atoms with Crippen LogP contribution in [0.25, 0.3) is 11.1 Å². The number of ether oxygens (including phenoxy) is 1. The zero-order valence-corrected chi connectivity index (χ0v) is 11.1. The highest BCUT2D eigenvalue weighted by Gasteiger charge is 2.04. The lowest BCUT2D eigenvalue weighted by Gasteiger charge is -2.08.